The first-order valence-corrected chi connectivity index (χ1v) is 5.56. The van der Waals surface area contributed by atoms with Gasteiger partial charge in [0.1, 0.15) is 0 Å². The molecule has 1 aliphatic carbocycles. The fourth-order valence-electron chi connectivity index (χ4n) is 2.32. The van der Waals surface area contributed by atoms with Crippen molar-refractivity contribution in [1.82, 2.24) is 9.55 Å². The van der Waals surface area contributed by atoms with Gasteiger partial charge in [0.15, 0.2) is 0 Å². The van der Waals surface area contributed by atoms with Gasteiger partial charge in [0.05, 0.1) is 16.6 Å². The van der Waals surface area contributed by atoms with E-state index in [2.05, 4.69) is 11.9 Å². The van der Waals surface area contributed by atoms with Gasteiger partial charge in [-0.3, -0.25) is 4.57 Å². The Balaban J connectivity index is 2.32. The third-order valence-electron chi connectivity index (χ3n) is 3.38. The van der Waals surface area contributed by atoms with Gasteiger partial charge < -0.3 is 10.1 Å². The molecule has 1 aliphatic rings. The van der Waals surface area contributed by atoms with Gasteiger partial charge in [-0.1, -0.05) is 13.0 Å². The van der Waals surface area contributed by atoms with Crippen molar-refractivity contribution in [2.45, 2.75) is 19.4 Å². The van der Waals surface area contributed by atoms with Crippen molar-refractivity contribution in [3.05, 3.63) is 34.2 Å². The molecule has 5 heteroatoms. The van der Waals surface area contributed by atoms with Gasteiger partial charge in [0.2, 0.25) is 0 Å². The lowest BCUT2D eigenvalue weighted by Gasteiger charge is -2.01. The summed E-state index contributed by atoms with van der Waals surface area (Å²) in [6, 6.07) is 5.16. The molecule has 0 aliphatic heterocycles. The summed E-state index contributed by atoms with van der Waals surface area (Å²) in [4.78, 5) is 25.6. The summed E-state index contributed by atoms with van der Waals surface area (Å²) in [6.45, 7) is 2.08. The molecule has 0 amide bonds. The smallest absolute Gasteiger partial charge is 0.337 e. The number of nitrogens with one attached hydrogen (secondary N) is 1. The zero-order chi connectivity index (χ0) is 12.2. The second-order valence-electron chi connectivity index (χ2n) is 4.59. The van der Waals surface area contributed by atoms with Gasteiger partial charge in [-0.05, 0) is 24.5 Å². The molecule has 17 heavy (non-hydrogen) atoms. The lowest BCUT2D eigenvalue weighted by molar-refractivity contribution is 0.0699. The number of carboxylic acids is 1. The van der Waals surface area contributed by atoms with E-state index in [9.17, 15) is 9.59 Å². The number of imidazole rings is 1. The second kappa shape index (κ2) is 3.23. The molecule has 1 heterocycles. The van der Waals surface area contributed by atoms with Crippen LogP contribution in [0.25, 0.3) is 11.0 Å². The number of carbonyl (C=O) groups is 1. The molecule has 2 unspecified atom stereocenters. The van der Waals surface area contributed by atoms with E-state index in [0.29, 0.717) is 17.0 Å². The van der Waals surface area contributed by atoms with Crippen LogP contribution in [0.4, 0.5) is 0 Å². The Morgan fingerprint density at radius 1 is 1.53 bits per heavy atom. The van der Waals surface area contributed by atoms with Crippen molar-refractivity contribution in [3.63, 3.8) is 0 Å². The molecule has 1 fully saturated rings. The minimum absolute atomic E-state index is 0.145. The van der Waals surface area contributed by atoms with Crippen molar-refractivity contribution in [3.8, 4) is 0 Å². The van der Waals surface area contributed by atoms with Crippen molar-refractivity contribution in [1.29, 1.82) is 0 Å². The quantitative estimate of drug-likeness (QED) is 0.825. The number of nitrogens with zero attached hydrogens (tertiary/aromatic N) is 1. The molecule has 2 atom stereocenters. The highest BCUT2D eigenvalue weighted by atomic mass is 16.4. The zero-order valence-corrected chi connectivity index (χ0v) is 9.30. The summed E-state index contributed by atoms with van der Waals surface area (Å²) in [5, 5.41) is 9.06. The summed E-state index contributed by atoms with van der Waals surface area (Å²) in [6.07, 6.45) is 0.976. The Kier molecular flexibility index (Phi) is 1.92. The van der Waals surface area contributed by atoms with Gasteiger partial charge in [0, 0.05) is 6.04 Å². The molecule has 1 aromatic carbocycles. The molecule has 0 bridgehead atoms. The molecular weight excluding hydrogens is 220 g/mol. The molecule has 1 saturated carbocycles. The van der Waals surface area contributed by atoms with E-state index in [1.165, 1.54) is 6.07 Å². The topological polar surface area (TPSA) is 75.1 Å². The van der Waals surface area contributed by atoms with Crippen LogP contribution in [-0.2, 0) is 0 Å². The maximum absolute atomic E-state index is 11.9. The van der Waals surface area contributed by atoms with Gasteiger partial charge >= 0.3 is 11.7 Å². The van der Waals surface area contributed by atoms with Crippen molar-refractivity contribution in [2.24, 2.45) is 5.92 Å². The number of para-hydroxylation sites is 1. The van der Waals surface area contributed by atoms with Crippen LogP contribution in [-0.4, -0.2) is 20.6 Å². The Labute approximate surface area is 96.7 Å². The molecule has 0 saturated heterocycles. The van der Waals surface area contributed by atoms with Crippen LogP contribution in [0.1, 0.15) is 29.7 Å². The first-order chi connectivity index (χ1) is 8.09. The largest absolute Gasteiger partial charge is 0.478 e. The molecule has 0 radical (unpaired) electrons. The van der Waals surface area contributed by atoms with E-state index in [0.717, 1.165) is 6.42 Å². The Hall–Kier alpha value is -2.04. The van der Waals surface area contributed by atoms with Crippen LogP contribution in [0.15, 0.2) is 23.0 Å². The number of aromatic amines is 1. The molecule has 88 valence electrons. The predicted molar refractivity (Wildman–Crippen MR) is 62.3 cm³/mol. The number of aromatic nitrogens is 2. The molecule has 2 N–H and O–H groups in total. The Morgan fingerprint density at radius 2 is 2.24 bits per heavy atom. The molecule has 2 aromatic rings. The number of benzene rings is 1. The molecule has 5 nitrogen and oxygen atoms in total. The third kappa shape index (κ3) is 1.39. The van der Waals surface area contributed by atoms with Crippen molar-refractivity contribution < 1.29 is 9.90 Å². The first kappa shape index (κ1) is 10.1. The van der Waals surface area contributed by atoms with E-state index in [1.54, 1.807) is 16.7 Å². The minimum Gasteiger partial charge on any atom is -0.478 e. The lowest BCUT2D eigenvalue weighted by atomic mass is 10.2. The molecule has 0 spiro atoms. The van der Waals surface area contributed by atoms with Gasteiger partial charge in [0.25, 0.3) is 0 Å². The normalized spacial score (nSPS) is 22.9. The number of hydrogen-bond acceptors (Lipinski definition) is 2. The van der Waals surface area contributed by atoms with Crippen molar-refractivity contribution in [2.75, 3.05) is 0 Å². The first-order valence-electron chi connectivity index (χ1n) is 5.56. The predicted octanol–water partition coefficient (Wildman–Crippen LogP) is 1.61. The SMILES string of the molecule is CC1CC1n1c(=O)[nH]c2c(C(=O)O)cccc21. The summed E-state index contributed by atoms with van der Waals surface area (Å²) < 4.78 is 1.67. The van der Waals surface area contributed by atoms with E-state index < -0.39 is 5.97 Å². The minimum atomic E-state index is -1.02. The zero-order valence-electron chi connectivity index (χ0n) is 9.30. The second-order valence-corrected chi connectivity index (χ2v) is 4.59. The average Bonchev–Trinajstić information content (AvgIpc) is 2.88. The van der Waals surface area contributed by atoms with Crippen molar-refractivity contribution >= 4 is 17.0 Å². The standard InChI is InChI=1S/C12H12N2O3/c1-6-5-9(6)14-8-4-2-3-7(11(15)16)10(8)13-12(14)17/h2-4,6,9H,5H2,1H3,(H,13,17)(H,15,16). The Bertz CT molecular complexity index is 668. The van der Waals surface area contributed by atoms with E-state index in [-0.39, 0.29) is 17.3 Å². The summed E-state index contributed by atoms with van der Waals surface area (Å²) in [7, 11) is 0. The number of hydrogen-bond donors (Lipinski definition) is 2. The van der Waals surface area contributed by atoms with Crippen LogP contribution >= 0.6 is 0 Å². The maximum atomic E-state index is 11.9. The number of aromatic carboxylic acids is 1. The number of H-pyrrole nitrogens is 1. The highest BCUT2D eigenvalue weighted by molar-refractivity contribution is 6.00. The third-order valence-corrected chi connectivity index (χ3v) is 3.38. The molecule has 1 aromatic heterocycles. The fourth-order valence-corrected chi connectivity index (χ4v) is 2.32. The molecule has 3 rings (SSSR count). The van der Waals surface area contributed by atoms with Gasteiger partial charge in [-0.2, -0.15) is 0 Å². The number of carboxylic acid groups (broad SMARTS) is 1. The van der Waals surface area contributed by atoms with Crippen LogP contribution < -0.4 is 5.69 Å². The maximum Gasteiger partial charge on any atom is 0.337 e. The van der Waals surface area contributed by atoms with Crippen LogP contribution in [0.2, 0.25) is 0 Å². The summed E-state index contributed by atoms with van der Waals surface area (Å²) in [5.74, 6) is -0.534. The highest BCUT2D eigenvalue weighted by Crippen LogP contribution is 2.43. The summed E-state index contributed by atoms with van der Waals surface area (Å²) in [5.41, 5.74) is 1.03. The highest BCUT2D eigenvalue weighted by Gasteiger charge is 2.36. The van der Waals surface area contributed by atoms with Crippen LogP contribution in [0, 0.1) is 5.92 Å². The average molecular weight is 232 g/mol. The van der Waals surface area contributed by atoms with E-state index in [1.807, 2.05) is 0 Å². The monoisotopic (exact) mass is 232 g/mol. The van der Waals surface area contributed by atoms with E-state index >= 15 is 0 Å². The van der Waals surface area contributed by atoms with Crippen LogP contribution in [0.5, 0.6) is 0 Å². The van der Waals surface area contributed by atoms with E-state index in [4.69, 9.17) is 5.11 Å². The number of rotatable bonds is 2. The van der Waals surface area contributed by atoms with Crippen LogP contribution in [0.3, 0.4) is 0 Å². The summed E-state index contributed by atoms with van der Waals surface area (Å²) >= 11 is 0. The molecular formula is C12H12N2O3. The lowest BCUT2D eigenvalue weighted by Crippen LogP contribution is -2.15. The van der Waals surface area contributed by atoms with Gasteiger partial charge in [-0.25, -0.2) is 9.59 Å². The number of fused-ring (bicyclic) bond motifs is 1. The van der Waals surface area contributed by atoms with Gasteiger partial charge in [-0.15, -0.1) is 0 Å². The fraction of sp³-hybridized carbons (Fsp3) is 0.333. The Morgan fingerprint density at radius 3 is 2.82 bits per heavy atom.